The van der Waals surface area contributed by atoms with Crippen molar-refractivity contribution in [3.63, 3.8) is 0 Å². The summed E-state index contributed by atoms with van der Waals surface area (Å²) >= 11 is -2.18. The second kappa shape index (κ2) is 4.37. The van der Waals surface area contributed by atoms with E-state index in [9.17, 15) is 8.76 Å². The minimum atomic E-state index is -2.18. The van der Waals surface area contributed by atoms with E-state index in [2.05, 4.69) is 18.0 Å². The third kappa shape index (κ3) is 1.90. The molecule has 1 aromatic heterocycles. The molecule has 3 nitrogen and oxygen atoms in total. The maximum atomic E-state index is 11.8. The molecule has 20 heavy (non-hydrogen) atoms. The van der Waals surface area contributed by atoms with Gasteiger partial charge in [0.05, 0.1) is 0 Å². The third-order valence-electron chi connectivity index (χ3n) is 4.48. The van der Waals surface area contributed by atoms with Gasteiger partial charge in [-0.3, -0.25) is 9.19 Å². The van der Waals surface area contributed by atoms with Gasteiger partial charge in [-0.2, -0.15) is 0 Å². The van der Waals surface area contributed by atoms with Gasteiger partial charge in [0.25, 0.3) is 0 Å². The molecule has 0 spiro atoms. The van der Waals surface area contributed by atoms with Crippen molar-refractivity contribution in [1.29, 1.82) is 0 Å². The van der Waals surface area contributed by atoms with Crippen molar-refractivity contribution >= 4 is 21.9 Å². The predicted molar refractivity (Wildman–Crippen MR) is 77.5 cm³/mol. The molecule has 4 rings (SSSR count). The summed E-state index contributed by atoms with van der Waals surface area (Å²) in [5.41, 5.74) is 3.27. The van der Waals surface area contributed by atoms with E-state index in [0.29, 0.717) is 16.7 Å². The number of pyridine rings is 1. The van der Waals surface area contributed by atoms with Crippen molar-refractivity contribution in [2.75, 3.05) is 0 Å². The molecule has 104 valence electrons. The highest BCUT2D eigenvalue weighted by Gasteiger charge is 2.27. The zero-order chi connectivity index (χ0) is 13.9. The molecule has 2 aliphatic carbocycles. The fourth-order valence-electron chi connectivity index (χ4n) is 3.37. The van der Waals surface area contributed by atoms with Gasteiger partial charge in [-0.05, 0) is 65.9 Å². The number of rotatable bonds is 2. The lowest BCUT2D eigenvalue weighted by Gasteiger charge is -2.15. The number of benzene rings is 1. The van der Waals surface area contributed by atoms with Gasteiger partial charge in [-0.15, -0.1) is 0 Å². The first kappa shape index (κ1) is 12.5. The average Bonchev–Trinajstić information content (AvgIpc) is 3.17. The fraction of sp³-hybridized carbons (Fsp3) is 0.438. The summed E-state index contributed by atoms with van der Waals surface area (Å²) in [7, 11) is 0. The first-order valence-corrected chi connectivity index (χ1v) is 8.24. The van der Waals surface area contributed by atoms with E-state index in [-0.39, 0.29) is 0 Å². The van der Waals surface area contributed by atoms with E-state index in [1.807, 2.05) is 12.3 Å². The Morgan fingerprint density at radius 3 is 2.80 bits per heavy atom. The molecule has 0 bridgehead atoms. The quantitative estimate of drug-likeness (QED) is 0.797. The van der Waals surface area contributed by atoms with Crippen molar-refractivity contribution < 1.29 is 8.76 Å². The molecule has 2 atom stereocenters. The van der Waals surface area contributed by atoms with E-state index in [4.69, 9.17) is 0 Å². The van der Waals surface area contributed by atoms with Crippen molar-refractivity contribution in [1.82, 2.24) is 4.98 Å². The Balaban J connectivity index is 2.01. The standard InChI is InChI=1S/C16H17NO2S/c1-9-4-11-6-12-8-17-15(10-2-3-10)7-14(12)16(20(18)19)13(11)5-9/h6-10H,2-5H2,1H3,(H,18,19)/p-1. The van der Waals surface area contributed by atoms with Crippen LogP contribution < -0.4 is 0 Å². The van der Waals surface area contributed by atoms with Crippen LogP contribution >= 0.6 is 0 Å². The highest BCUT2D eigenvalue weighted by molar-refractivity contribution is 7.79. The van der Waals surface area contributed by atoms with E-state index in [0.717, 1.165) is 34.9 Å². The van der Waals surface area contributed by atoms with Gasteiger partial charge in [0.15, 0.2) is 0 Å². The largest absolute Gasteiger partial charge is 0.768 e. The normalized spacial score (nSPS) is 23.0. The van der Waals surface area contributed by atoms with Gasteiger partial charge in [-0.25, -0.2) is 0 Å². The molecule has 0 radical (unpaired) electrons. The molecule has 0 amide bonds. The van der Waals surface area contributed by atoms with E-state index in [1.54, 1.807) is 0 Å². The van der Waals surface area contributed by atoms with Crippen LogP contribution in [0, 0.1) is 5.92 Å². The number of hydrogen-bond acceptors (Lipinski definition) is 3. The van der Waals surface area contributed by atoms with Crippen molar-refractivity contribution in [2.45, 2.75) is 43.4 Å². The van der Waals surface area contributed by atoms with Gasteiger partial charge in [-0.1, -0.05) is 6.92 Å². The van der Waals surface area contributed by atoms with Crippen LogP contribution in [0.2, 0.25) is 0 Å². The predicted octanol–water partition coefficient (Wildman–Crippen LogP) is 3.08. The highest BCUT2D eigenvalue weighted by atomic mass is 32.2. The molecule has 1 fully saturated rings. The lowest BCUT2D eigenvalue weighted by Crippen LogP contribution is -2.00. The molecule has 2 aromatic rings. The molecule has 4 heteroatoms. The summed E-state index contributed by atoms with van der Waals surface area (Å²) in [6.07, 6.45) is 6.05. The summed E-state index contributed by atoms with van der Waals surface area (Å²) in [6.45, 7) is 2.18. The maximum absolute atomic E-state index is 11.8. The van der Waals surface area contributed by atoms with Crippen LogP contribution in [-0.2, 0) is 23.9 Å². The third-order valence-corrected chi connectivity index (χ3v) is 5.27. The molecule has 0 N–H and O–H groups in total. The Labute approximate surface area is 120 Å². The van der Waals surface area contributed by atoms with E-state index >= 15 is 0 Å². The second-order valence-corrected chi connectivity index (χ2v) is 7.07. The van der Waals surface area contributed by atoms with E-state index < -0.39 is 11.1 Å². The molecular weight excluding hydrogens is 270 g/mol. The van der Waals surface area contributed by atoms with E-state index in [1.165, 1.54) is 18.4 Å². The van der Waals surface area contributed by atoms with Crippen LogP contribution in [0.5, 0.6) is 0 Å². The SMILES string of the molecule is CC1Cc2cc3cnc(C4CC4)cc3c(S(=O)[O-])c2C1. The molecule has 0 saturated heterocycles. The molecular formula is C16H16NO2S-. The summed E-state index contributed by atoms with van der Waals surface area (Å²) < 4.78 is 23.5. The van der Waals surface area contributed by atoms with Crippen LogP contribution in [0.3, 0.4) is 0 Å². The maximum Gasteiger partial charge on any atom is 0.0441 e. The number of nitrogens with zero attached hydrogens (tertiary/aromatic N) is 1. The first-order valence-electron chi connectivity index (χ1n) is 7.17. The summed E-state index contributed by atoms with van der Waals surface area (Å²) in [6, 6.07) is 4.13. The lowest BCUT2D eigenvalue weighted by atomic mass is 10.0. The van der Waals surface area contributed by atoms with Crippen molar-refractivity contribution in [2.24, 2.45) is 5.92 Å². The molecule has 2 aliphatic rings. The second-order valence-electron chi connectivity index (χ2n) is 6.20. The van der Waals surface area contributed by atoms with Gasteiger partial charge in [0, 0.05) is 33.5 Å². The number of hydrogen-bond donors (Lipinski definition) is 0. The average molecular weight is 286 g/mol. The highest BCUT2D eigenvalue weighted by Crippen LogP contribution is 2.41. The fourth-order valence-corrected chi connectivity index (χ4v) is 4.14. The lowest BCUT2D eigenvalue weighted by molar-refractivity contribution is 0.536. The van der Waals surface area contributed by atoms with Crippen molar-refractivity contribution in [3.05, 3.63) is 35.2 Å². The summed E-state index contributed by atoms with van der Waals surface area (Å²) in [5.74, 6) is 1.07. The monoisotopic (exact) mass is 286 g/mol. The van der Waals surface area contributed by atoms with Crippen molar-refractivity contribution in [3.8, 4) is 0 Å². The molecule has 1 saturated carbocycles. The summed E-state index contributed by atoms with van der Waals surface area (Å²) in [4.78, 5) is 5.03. The zero-order valence-corrected chi connectivity index (χ0v) is 12.2. The van der Waals surface area contributed by atoms with Crippen LogP contribution in [0.25, 0.3) is 10.8 Å². The summed E-state index contributed by atoms with van der Waals surface area (Å²) in [5, 5.41) is 1.82. The minimum Gasteiger partial charge on any atom is -0.768 e. The Kier molecular flexibility index (Phi) is 2.72. The minimum absolute atomic E-state index is 0.520. The van der Waals surface area contributed by atoms with Crippen LogP contribution in [0.4, 0.5) is 0 Å². The Hall–Kier alpha value is -1.26. The number of fused-ring (bicyclic) bond motifs is 2. The molecule has 1 heterocycles. The Morgan fingerprint density at radius 1 is 1.30 bits per heavy atom. The topological polar surface area (TPSA) is 53.0 Å². The van der Waals surface area contributed by atoms with Crippen LogP contribution in [-0.4, -0.2) is 13.7 Å². The van der Waals surface area contributed by atoms with Gasteiger partial charge in [0.2, 0.25) is 0 Å². The smallest absolute Gasteiger partial charge is 0.0441 e. The molecule has 0 aliphatic heterocycles. The van der Waals surface area contributed by atoms with Gasteiger partial charge in [0.1, 0.15) is 0 Å². The Bertz CT molecular complexity index is 737. The number of aromatic nitrogens is 1. The van der Waals surface area contributed by atoms with Crippen LogP contribution in [0.15, 0.2) is 23.2 Å². The first-order chi connectivity index (χ1) is 9.63. The zero-order valence-electron chi connectivity index (χ0n) is 11.4. The van der Waals surface area contributed by atoms with Gasteiger partial charge >= 0.3 is 0 Å². The molecule has 1 aromatic carbocycles. The Morgan fingerprint density at radius 2 is 2.10 bits per heavy atom. The van der Waals surface area contributed by atoms with Gasteiger partial charge < -0.3 is 4.55 Å². The van der Waals surface area contributed by atoms with Crippen LogP contribution in [0.1, 0.15) is 42.5 Å². The molecule has 2 unspecified atom stereocenters.